The molecule has 162 valence electrons. The van der Waals surface area contributed by atoms with Gasteiger partial charge in [-0.05, 0) is 45.0 Å². The first-order valence-electron chi connectivity index (χ1n) is 10.1. The Kier molecular flexibility index (Phi) is 5.26. The SMILES string of the molecule is Cc1ccc(Nc2c(-c3ccc(F)cc3F)nc3n2CCN(C(=O)C(C)(C)N)C3)cc1. The lowest BCUT2D eigenvalue weighted by Gasteiger charge is -2.33. The summed E-state index contributed by atoms with van der Waals surface area (Å²) in [6, 6.07) is 11.2. The Labute approximate surface area is 179 Å². The summed E-state index contributed by atoms with van der Waals surface area (Å²) in [5.41, 5.74) is 7.48. The highest BCUT2D eigenvalue weighted by Gasteiger charge is 2.33. The largest absolute Gasteiger partial charge is 0.340 e. The van der Waals surface area contributed by atoms with Crippen molar-refractivity contribution < 1.29 is 13.6 Å². The number of aryl methyl sites for hydroxylation is 1. The van der Waals surface area contributed by atoms with Gasteiger partial charge in [0, 0.05) is 30.4 Å². The zero-order chi connectivity index (χ0) is 22.3. The number of nitrogens with two attached hydrogens (primary N) is 1. The van der Waals surface area contributed by atoms with Crippen LogP contribution in [0.25, 0.3) is 11.3 Å². The number of nitrogens with zero attached hydrogens (tertiary/aromatic N) is 3. The molecule has 0 saturated heterocycles. The zero-order valence-electron chi connectivity index (χ0n) is 17.7. The fourth-order valence-corrected chi connectivity index (χ4v) is 3.68. The fraction of sp³-hybridized carbons (Fsp3) is 0.304. The number of carbonyl (C=O) groups is 1. The van der Waals surface area contributed by atoms with E-state index in [1.807, 2.05) is 35.8 Å². The summed E-state index contributed by atoms with van der Waals surface area (Å²) < 4.78 is 30.1. The van der Waals surface area contributed by atoms with Crippen LogP contribution in [0.3, 0.4) is 0 Å². The molecule has 4 rings (SSSR count). The standard InChI is InChI=1S/C23H25F2N5O/c1-14-4-7-16(8-5-14)27-21-20(17-9-6-15(24)12-18(17)25)28-19-13-29(10-11-30(19)21)22(31)23(2,3)26/h4-9,12,27H,10-11,13,26H2,1-3H3. The van der Waals surface area contributed by atoms with E-state index in [1.165, 1.54) is 12.1 Å². The smallest absolute Gasteiger partial charge is 0.242 e. The molecule has 3 aromatic rings. The highest BCUT2D eigenvalue weighted by Crippen LogP contribution is 2.35. The molecule has 6 nitrogen and oxygen atoms in total. The Hall–Kier alpha value is -3.26. The Morgan fingerprint density at radius 2 is 1.84 bits per heavy atom. The normalized spacial score (nSPS) is 13.8. The molecule has 31 heavy (non-hydrogen) atoms. The first kappa shape index (κ1) is 21.0. The van der Waals surface area contributed by atoms with E-state index in [-0.39, 0.29) is 18.0 Å². The van der Waals surface area contributed by atoms with Crippen LogP contribution in [0.1, 0.15) is 25.2 Å². The van der Waals surface area contributed by atoms with Crippen molar-refractivity contribution >= 4 is 17.4 Å². The summed E-state index contributed by atoms with van der Waals surface area (Å²) in [6.07, 6.45) is 0. The van der Waals surface area contributed by atoms with Gasteiger partial charge in [0.05, 0.1) is 12.1 Å². The van der Waals surface area contributed by atoms with Crippen LogP contribution < -0.4 is 11.1 Å². The van der Waals surface area contributed by atoms with Gasteiger partial charge in [-0.3, -0.25) is 4.79 Å². The van der Waals surface area contributed by atoms with Crippen molar-refractivity contribution in [2.75, 3.05) is 11.9 Å². The number of amides is 1. The number of anilines is 2. The van der Waals surface area contributed by atoms with Crippen molar-refractivity contribution in [2.24, 2.45) is 5.73 Å². The second-order valence-electron chi connectivity index (χ2n) is 8.44. The highest BCUT2D eigenvalue weighted by atomic mass is 19.1. The first-order valence-corrected chi connectivity index (χ1v) is 10.1. The molecule has 1 aromatic heterocycles. The lowest BCUT2D eigenvalue weighted by Crippen LogP contribution is -2.52. The van der Waals surface area contributed by atoms with Gasteiger partial charge in [-0.2, -0.15) is 0 Å². The average molecular weight is 425 g/mol. The molecule has 0 aliphatic carbocycles. The molecule has 0 fully saturated rings. The van der Waals surface area contributed by atoms with E-state index in [2.05, 4.69) is 10.3 Å². The second-order valence-corrected chi connectivity index (χ2v) is 8.44. The molecule has 2 aromatic carbocycles. The molecule has 0 atom stereocenters. The van der Waals surface area contributed by atoms with Crippen molar-refractivity contribution in [3.8, 4) is 11.3 Å². The van der Waals surface area contributed by atoms with Gasteiger partial charge in [-0.25, -0.2) is 13.8 Å². The summed E-state index contributed by atoms with van der Waals surface area (Å²) in [5, 5.41) is 3.33. The number of hydrogen-bond donors (Lipinski definition) is 2. The van der Waals surface area contributed by atoms with Crippen molar-refractivity contribution in [1.29, 1.82) is 0 Å². The predicted molar refractivity (Wildman–Crippen MR) is 116 cm³/mol. The molecule has 8 heteroatoms. The Balaban J connectivity index is 1.78. The molecule has 0 saturated carbocycles. The van der Waals surface area contributed by atoms with Gasteiger partial charge in [0.15, 0.2) is 0 Å². The van der Waals surface area contributed by atoms with Crippen molar-refractivity contribution in [3.63, 3.8) is 0 Å². The molecule has 0 radical (unpaired) electrons. The van der Waals surface area contributed by atoms with E-state index in [0.717, 1.165) is 17.3 Å². The molecule has 2 heterocycles. The van der Waals surface area contributed by atoms with Gasteiger partial charge in [0.1, 0.15) is 29.0 Å². The van der Waals surface area contributed by atoms with Gasteiger partial charge < -0.3 is 20.5 Å². The van der Waals surface area contributed by atoms with Gasteiger partial charge >= 0.3 is 0 Å². The second kappa shape index (κ2) is 7.77. The topological polar surface area (TPSA) is 76.2 Å². The lowest BCUT2D eigenvalue weighted by molar-refractivity contribution is -0.137. The van der Waals surface area contributed by atoms with Crippen LogP contribution in [0.15, 0.2) is 42.5 Å². The van der Waals surface area contributed by atoms with E-state index >= 15 is 0 Å². The predicted octanol–water partition coefficient (Wildman–Crippen LogP) is 3.96. The van der Waals surface area contributed by atoms with Gasteiger partial charge in [0.25, 0.3) is 0 Å². The van der Waals surface area contributed by atoms with E-state index < -0.39 is 17.2 Å². The molecular formula is C23H25F2N5O. The maximum atomic E-state index is 14.6. The van der Waals surface area contributed by atoms with Gasteiger partial charge in [-0.1, -0.05) is 17.7 Å². The van der Waals surface area contributed by atoms with Crippen LogP contribution >= 0.6 is 0 Å². The molecule has 0 bridgehead atoms. The third-order valence-electron chi connectivity index (χ3n) is 5.31. The Bertz CT molecular complexity index is 1130. The number of hydrogen-bond acceptors (Lipinski definition) is 4. The zero-order valence-corrected chi connectivity index (χ0v) is 17.7. The van der Waals surface area contributed by atoms with Gasteiger partial charge in [-0.15, -0.1) is 0 Å². The minimum absolute atomic E-state index is 0.177. The third-order valence-corrected chi connectivity index (χ3v) is 5.31. The van der Waals surface area contributed by atoms with Crippen LogP contribution in [0, 0.1) is 18.6 Å². The quantitative estimate of drug-likeness (QED) is 0.664. The van der Waals surface area contributed by atoms with Crippen molar-refractivity contribution in [3.05, 3.63) is 65.5 Å². The minimum atomic E-state index is -0.996. The number of carbonyl (C=O) groups excluding carboxylic acids is 1. The van der Waals surface area contributed by atoms with Crippen LogP contribution in [0.5, 0.6) is 0 Å². The van der Waals surface area contributed by atoms with E-state index in [1.54, 1.807) is 18.7 Å². The number of rotatable bonds is 4. The van der Waals surface area contributed by atoms with E-state index in [9.17, 15) is 13.6 Å². The van der Waals surface area contributed by atoms with Crippen LogP contribution in [0.2, 0.25) is 0 Å². The Morgan fingerprint density at radius 3 is 2.48 bits per heavy atom. The van der Waals surface area contributed by atoms with Crippen LogP contribution in [0.4, 0.5) is 20.3 Å². The van der Waals surface area contributed by atoms with Crippen LogP contribution in [-0.2, 0) is 17.9 Å². The fourth-order valence-electron chi connectivity index (χ4n) is 3.68. The number of benzene rings is 2. The third kappa shape index (κ3) is 4.16. The molecule has 1 aliphatic rings. The number of aromatic nitrogens is 2. The van der Waals surface area contributed by atoms with Crippen molar-refractivity contribution in [1.82, 2.24) is 14.5 Å². The number of fused-ring (bicyclic) bond motifs is 1. The summed E-state index contributed by atoms with van der Waals surface area (Å²) in [4.78, 5) is 19.0. The lowest BCUT2D eigenvalue weighted by atomic mass is 10.1. The molecule has 1 amide bonds. The average Bonchev–Trinajstić information content (AvgIpc) is 3.05. The molecule has 1 aliphatic heterocycles. The molecule has 3 N–H and O–H groups in total. The van der Waals surface area contributed by atoms with Gasteiger partial charge in [0.2, 0.25) is 5.91 Å². The highest BCUT2D eigenvalue weighted by molar-refractivity contribution is 5.85. The van der Waals surface area contributed by atoms with Crippen LogP contribution in [-0.4, -0.2) is 32.4 Å². The Morgan fingerprint density at radius 1 is 1.13 bits per heavy atom. The molecular weight excluding hydrogens is 400 g/mol. The molecule has 0 spiro atoms. The first-order chi connectivity index (χ1) is 14.6. The van der Waals surface area contributed by atoms with E-state index in [0.29, 0.717) is 30.4 Å². The summed E-state index contributed by atoms with van der Waals surface area (Å²) >= 11 is 0. The van der Waals surface area contributed by atoms with E-state index in [4.69, 9.17) is 5.73 Å². The van der Waals surface area contributed by atoms with Crippen molar-refractivity contribution in [2.45, 2.75) is 39.4 Å². The number of imidazole rings is 1. The monoisotopic (exact) mass is 425 g/mol. The maximum absolute atomic E-state index is 14.6. The summed E-state index contributed by atoms with van der Waals surface area (Å²) in [6.45, 7) is 6.51. The number of halogens is 2. The summed E-state index contributed by atoms with van der Waals surface area (Å²) in [7, 11) is 0. The minimum Gasteiger partial charge on any atom is -0.340 e. The summed E-state index contributed by atoms with van der Waals surface area (Å²) in [5.74, 6) is -0.316. The molecule has 0 unspecified atom stereocenters. The maximum Gasteiger partial charge on any atom is 0.242 e. The number of nitrogens with one attached hydrogen (secondary N) is 1.